The number of nitro groups is 1. The normalized spacial score (nSPS) is 11.2. The van der Waals surface area contributed by atoms with Crippen molar-refractivity contribution in [2.45, 2.75) is 39.7 Å². The highest BCUT2D eigenvalue weighted by molar-refractivity contribution is 5.98. The molecule has 3 aromatic rings. The van der Waals surface area contributed by atoms with Crippen molar-refractivity contribution in [1.29, 1.82) is 0 Å². The van der Waals surface area contributed by atoms with Crippen molar-refractivity contribution in [3.63, 3.8) is 0 Å². The molecule has 0 saturated carbocycles. The van der Waals surface area contributed by atoms with Gasteiger partial charge in [-0.25, -0.2) is 14.8 Å². The van der Waals surface area contributed by atoms with Crippen molar-refractivity contribution in [3.8, 4) is 22.6 Å². The van der Waals surface area contributed by atoms with Crippen molar-refractivity contribution < 1.29 is 14.5 Å². The van der Waals surface area contributed by atoms with Gasteiger partial charge in [-0.15, -0.1) is 0 Å². The number of hydrogen-bond acceptors (Lipinski definition) is 6. The van der Waals surface area contributed by atoms with Gasteiger partial charge in [-0.1, -0.05) is 49.4 Å². The summed E-state index contributed by atoms with van der Waals surface area (Å²) in [6.45, 7) is 7.29. The van der Waals surface area contributed by atoms with Gasteiger partial charge in [0.15, 0.2) is 5.82 Å². The van der Waals surface area contributed by atoms with Crippen LogP contribution < -0.4 is 0 Å². The number of aromatic nitrogens is 2. The molecule has 154 valence electrons. The molecule has 0 aliphatic heterocycles. The molecule has 0 fully saturated rings. The number of benzene rings is 2. The van der Waals surface area contributed by atoms with Gasteiger partial charge in [0, 0.05) is 23.3 Å². The molecule has 0 bridgehead atoms. The lowest BCUT2D eigenvalue weighted by atomic mass is 10.0. The molecule has 0 radical (unpaired) electrons. The van der Waals surface area contributed by atoms with Gasteiger partial charge in [-0.3, -0.25) is 10.1 Å². The summed E-state index contributed by atoms with van der Waals surface area (Å²) in [5.74, 6) is -0.124. The summed E-state index contributed by atoms with van der Waals surface area (Å²) in [7, 11) is 0. The fraction of sp³-hybridized carbons (Fsp3) is 0.261. The lowest BCUT2D eigenvalue weighted by Gasteiger charge is -2.24. The van der Waals surface area contributed by atoms with E-state index in [9.17, 15) is 14.9 Å². The number of non-ortho nitro benzene ring substituents is 1. The van der Waals surface area contributed by atoms with Crippen LogP contribution in [0.15, 0.2) is 54.6 Å². The zero-order chi connectivity index (χ0) is 21.9. The zero-order valence-corrected chi connectivity index (χ0v) is 17.4. The van der Waals surface area contributed by atoms with Gasteiger partial charge in [-0.2, -0.15) is 0 Å². The second-order valence-electron chi connectivity index (χ2n) is 7.53. The van der Waals surface area contributed by atoms with Crippen LogP contribution in [-0.4, -0.2) is 26.5 Å². The summed E-state index contributed by atoms with van der Waals surface area (Å²) in [4.78, 5) is 33.0. The van der Waals surface area contributed by atoms with E-state index in [1.807, 2.05) is 51.1 Å². The molecule has 0 N–H and O–H groups in total. The number of nitrogens with zero attached hydrogens (tertiary/aromatic N) is 3. The number of carbonyl (C=O) groups excluding carboxylic acids is 1. The molecule has 0 unspecified atom stereocenters. The summed E-state index contributed by atoms with van der Waals surface area (Å²) >= 11 is 0. The van der Waals surface area contributed by atoms with Crippen LogP contribution in [0.3, 0.4) is 0 Å². The van der Waals surface area contributed by atoms with Crippen molar-refractivity contribution in [2.24, 2.45) is 0 Å². The Morgan fingerprint density at radius 2 is 1.73 bits per heavy atom. The van der Waals surface area contributed by atoms with E-state index in [1.54, 1.807) is 19.1 Å². The van der Waals surface area contributed by atoms with Crippen LogP contribution in [0.4, 0.5) is 5.69 Å². The monoisotopic (exact) mass is 405 g/mol. The summed E-state index contributed by atoms with van der Waals surface area (Å²) < 4.78 is 5.69. The maximum Gasteiger partial charge on any atom is 0.342 e. The summed E-state index contributed by atoms with van der Waals surface area (Å²) in [6, 6.07) is 15.4. The first-order chi connectivity index (χ1) is 14.2. The first-order valence-electron chi connectivity index (χ1n) is 9.64. The van der Waals surface area contributed by atoms with Gasteiger partial charge < -0.3 is 4.74 Å². The molecule has 1 aromatic heterocycles. The minimum atomic E-state index is -0.665. The standard InChI is InChI=1S/C23H23N3O4/c1-5-23(3,4)30-22(27)19-15(2)24-21(16-10-7-6-8-11-16)25-20(19)17-12-9-13-18(14-17)26(28)29/h6-14H,5H2,1-4H3. The maximum atomic E-state index is 13.1. The lowest BCUT2D eigenvalue weighted by Crippen LogP contribution is -2.28. The van der Waals surface area contributed by atoms with E-state index in [1.165, 1.54) is 12.1 Å². The number of hydrogen-bond donors (Lipinski definition) is 0. The topological polar surface area (TPSA) is 95.2 Å². The van der Waals surface area contributed by atoms with Crippen LogP contribution in [0, 0.1) is 17.0 Å². The summed E-state index contributed by atoms with van der Waals surface area (Å²) in [6.07, 6.45) is 0.632. The highest BCUT2D eigenvalue weighted by atomic mass is 16.6. The van der Waals surface area contributed by atoms with Crippen LogP contribution in [-0.2, 0) is 4.74 Å². The Labute approximate surface area is 174 Å². The smallest absolute Gasteiger partial charge is 0.342 e. The number of ether oxygens (including phenoxy) is 1. The fourth-order valence-corrected chi connectivity index (χ4v) is 2.88. The van der Waals surface area contributed by atoms with Crippen molar-refractivity contribution in [2.75, 3.05) is 0 Å². The number of rotatable bonds is 6. The van der Waals surface area contributed by atoms with Crippen LogP contribution >= 0.6 is 0 Å². The largest absolute Gasteiger partial charge is 0.456 e. The first-order valence-corrected chi connectivity index (χ1v) is 9.64. The average Bonchev–Trinajstić information content (AvgIpc) is 2.73. The third-order valence-electron chi connectivity index (χ3n) is 4.88. The molecule has 7 nitrogen and oxygen atoms in total. The molecular formula is C23H23N3O4. The van der Waals surface area contributed by atoms with Gasteiger partial charge in [-0.05, 0) is 27.2 Å². The van der Waals surface area contributed by atoms with Gasteiger partial charge in [0.05, 0.1) is 16.3 Å². The predicted octanol–water partition coefficient (Wildman–Crippen LogP) is 5.37. The zero-order valence-electron chi connectivity index (χ0n) is 17.4. The molecule has 3 rings (SSSR count). The Bertz CT molecular complexity index is 1090. The van der Waals surface area contributed by atoms with E-state index >= 15 is 0 Å². The highest BCUT2D eigenvalue weighted by Gasteiger charge is 2.27. The molecule has 7 heteroatoms. The average molecular weight is 405 g/mol. The Morgan fingerprint density at radius 3 is 2.37 bits per heavy atom. The molecular weight excluding hydrogens is 382 g/mol. The number of carbonyl (C=O) groups is 1. The van der Waals surface area contributed by atoms with E-state index < -0.39 is 16.5 Å². The van der Waals surface area contributed by atoms with Crippen LogP contribution in [0.2, 0.25) is 0 Å². The maximum absolute atomic E-state index is 13.1. The van der Waals surface area contributed by atoms with Gasteiger partial charge in [0.1, 0.15) is 11.2 Å². The van der Waals surface area contributed by atoms with E-state index in [4.69, 9.17) is 4.74 Å². The van der Waals surface area contributed by atoms with Crippen molar-refractivity contribution >= 4 is 11.7 Å². The minimum absolute atomic E-state index is 0.0850. The second kappa shape index (κ2) is 8.41. The summed E-state index contributed by atoms with van der Waals surface area (Å²) in [5, 5.41) is 11.3. The van der Waals surface area contributed by atoms with Crippen molar-refractivity contribution in [1.82, 2.24) is 9.97 Å². The van der Waals surface area contributed by atoms with E-state index in [-0.39, 0.29) is 11.3 Å². The van der Waals surface area contributed by atoms with E-state index in [0.29, 0.717) is 29.2 Å². The Morgan fingerprint density at radius 1 is 1.07 bits per heavy atom. The molecule has 2 aromatic carbocycles. The molecule has 0 aliphatic rings. The van der Waals surface area contributed by atoms with Crippen molar-refractivity contribution in [3.05, 3.63) is 76.0 Å². The molecule has 0 saturated heterocycles. The molecule has 0 aliphatic carbocycles. The summed E-state index contributed by atoms with van der Waals surface area (Å²) in [5.41, 5.74) is 1.44. The SMILES string of the molecule is CCC(C)(C)OC(=O)c1c(C)nc(-c2ccccc2)nc1-c1cccc([N+](=O)[O-])c1. The molecule has 30 heavy (non-hydrogen) atoms. The van der Waals surface area contributed by atoms with Gasteiger partial charge in [0.2, 0.25) is 0 Å². The van der Waals surface area contributed by atoms with E-state index in [0.717, 1.165) is 5.56 Å². The minimum Gasteiger partial charge on any atom is -0.456 e. The van der Waals surface area contributed by atoms with Gasteiger partial charge in [0.25, 0.3) is 5.69 Å². The predicted molar refractivity (Wildman–Crippen MR) is 114 cm³/mol. The third kappa shape index (κ3) is 4.51. The Balaban J connectivity index is 2.22. The third-order valence-corrected chi connectivity index (χ3v) is 4.88. The molecule has 0 amide bonds. The Kier molecular flexibility index (Phi) is 5.91. The quantitative estimate of drug-likeness (QED) is 0.311. The second-order valence-corrected chi connectivity index (χ2v) is 7.53. The van der Waals surface area contributed by atoms with Crippen LogP contribution in [0.5, 0.6) is 0 Å². The lowest BCUT2D eigenvalue weighted by molar-refractivity contribution is -0.384. The van der Waals surface area contributed by atoms with Gasteiger partial charge >= 0.3 is 5.97 Å². The number of nitro benzene ring substituents is 1. The number of esters is 1. The first kappa shape index (κ1) is 21.1. The van der Waals surface area contributed by atoms with E-state index in [2.05, 4.69) is 9.97 Å². The Hall–Kier alpha value is -3.61. The van der Waals surface area contributed by atoms with Crippen LogP contribution in [0.25, 0.3) is 22.6 Å². The molecule has 1 heterocycles. The number of aryl methyl sites for hydroxylation is 1. The van der Waals surface area contributed by atoms with Crippen LogP contribution in [0.1, 0.15) is 43.2 Å². The fourth-order valence-electron chi connectivity index (χ4n) is 2.88. The highest BCUT2D eigenvalue weighted by Crippen LogP contribution is 2.31. The molecule has 0 atom stereocenters. The molecule has 0 spiro atoms.